The molecule has 0 aromatic heterocycles. The van der Waals surface area contributed by atoms with E-state index >= 15 is 0 Å². The van der Waals surface area contributed by atoms with Crippen molar-refractivity contribution in [3.63, 3.8) is 0 Å². The van der Waals surface area contributed by atoms with Crippen LogP contribution in [-0.4, -0.2) is 50.1 Å². The first-order valence-electron chi connectivity index (χ1n) is 16.7. The third kappa shape index (κ3) is 4.75. The Hall–Kier alpha value is -1.79. The number of aryl methyl sites for hydroxylation is 1. The highest BCUT2D eigenvalue weighted by Crippen LogP contribution is 2.44. The van der Waals surface area contributed by atoms with Crippen LogP contribution in [0.5, 0.6) is 11.5 Å². The molecule has 0 saturated carbocycles. The second-order valence-electron chi connectivity index (χ2n) is 7.90. The number of nitrogens with two attached hydrogens (primary N) is 1. The predicted molar refractivity (Wildman–Crippen MR) is 118 cm³/mol. The van der Waals surface area contributed by atoms with Gasteiger partial charge in [0, 0.05) is 43.6 Å². The zero-order valence-electron chi connectivity index (χ0n) is 31.8. The normalized spacial score (nSPS) is 46.3. The molecule has 2 aliphatic rings. The van der Waals surface area contributed by atoms with Gasteiger partial charge in [-0.1, -0.05) is 27.7 Å². The Kier molecular flexibility index (Phi) is 3.41. The molecule has 1 aromatic rings. The van der Waals surface area contributed by atoms with Crippen molar-refractivity contribution in [3.8, 4) is 11.5 Å². The molecule has 0 spiro atoms. The van der Waals surface area contributed by atoms with E-state index in [0.717, 1.165) is 19.2 Å². The summed E-state index contributed by atoms with van der Waals surface area (Å²) in [7, 11) is -2.03. The molecule has 0 amide bonds. The summed E-state index contributed by atoms with van der Waals surface area (Å²) < 4.78 is 138. The molecule has 30 heavy (non-hydrogen) atoms. The van der Waals surface area contributed by atoms with Crippen molar-refractivity contribution >= 4 is 5.97 Å². The standard InChI is InChI=1S/C24H38N2O4/c1-14(2)9-17-13-26-8-7-16-10-21(28-5)22(29-6)11-18(16)19(26)12-20(17)30-24(27)23(25)15(3)4/h10-11,14-15,17,19-20,23H,7-9,12-13,25H2,1-6H3/t17?,19?,20?,23-/m0/s1/i5D3,7D2,8D2,12D2,13D2,17D,19D,20D. The fraction of sp³-hybridized carbons (Fsp3) is 0.708. The summed E-state index contributed by atoms with van der Waals surface area (Å²) in [5.74, 6) is -6.87. The van der Waals surface area contributed by atoms with Crippen molar-refractivity contribution in [2.45, 2.75) is 65.0 Å². The molecule has 3 unspecified atom stereocenters. The summed E-state index contributed by atoms with van der Waals surface area (Å²) in [5, 5.41) is 0. The summed E-state index contributed by atoms with van der Waals surface area (Å²) in [6, 6.07) is -3.36. The van der Waals surface area contributed by atoms with Gasteiger partial charge >= 0.3 is 5.97 Å². The van der Waals surface area contributed by atoms with E-state index in [9.17, 15) is 11.6 Å². The fourth-order valence-corrected chi connectivity index (χ4v) is 3.04. The predicted octanol–water partition coefficient (Wildman–Crippen LogP) is 3.56. The maximum absolute atomic E-state index is 13.2. The van der Waals surface area contributed by atoms with Crippen LogP contribution in [0.4, 0.5) is 0 Å². The van der Waals surface area contributed by atoms with Gasteiger partial charge in [-0.3, -0.25) is 9.69 Å². The summed E-state index contributed by atoms with van der Waals surface area (Å²) >= 11 is 0. The lowest BCUT2D eigenvalue weighted by Crippen LogP contribution is -2.51. The molecule has 2 heterocycles. The molecular weight excluding hydrogens is 380 g/mol. The van der Waals surface area contributed by atoms with Gasteiger partial charge in [-0.25, -0.2) is 0 Å². The third-order valence-electron chi connectivity index (χ3n) is 4.75. The summed E-state index contributed by atoms with van der Waals surface area (Å²) in [6.45, 7) is -1.11. The second-order valence-corrected chi connectivity index (χ2v) is 7.90. The zero-order valence-corrected chi connectivity index (χ0v) is 17.8. The van der Waals surface area contributed by atoms with Crippen molar-refractivity contribution in [2.75, 3.05) is 27.1 Å². The van der Waals surface area contributed by atoms with Gasteiger partial charge in [0.2, 0.25) is 0 Å². The number of rotatable bonds is 7. The van der Waals surface area contributed by atoms with Crippen LogP contribution in [0.3, 0.4) is 0 Å². The van der Waals surface area contributed by atoms with E-state index in [4.69, 9.17) is 32.3 Å². The molecule has 1 fully saturated rings. The highest BCUT2D eigenvalue weighted by molar-refractivity contribution is 5.76. The second kappa shape index (κ2) is 9.56. The monoisotopic (exact) mass is 432 g/mol. The van der Waals surface area contributed by atoms with E-state index in [1.807, 2.05) is 0 Å². The van der Waals surface area contributed by atoms with Gasteiger partial charge in [0.25, 0.3) is 0 Å². The van der Waals surface area contributed by atoms with Crippen LogP contribution < -0.4 is 15.2 Å². The van der Waals surface area contributed by atoms with Crippen LogP contribution in [0.1, 0.15) is 76.8 Å². The van der Waals surface area contributed by atoms with Gasteiger partial charge in [-0.15, -0.1) is 0 Å². The molecule has 168 valence electrons. The molecule has 2 aliphatic heterocycles. The molecule has 4 atom stereocenters. The van der Waals surface area contributed by atoms with Crippen LogP contribution in [0.2, 0.25) is 0 Å². The summed E-state index contributed by atoms with van der Waals surface area (Å²) in [4.78, 5) is 13.2. The average molecular weight is 433 g/mol. The first kappa shape index (κ1) is 10.7. The van der Waals surface area contributed by atoms with Crippen molar-refractivity contribution in [2.24, 2.45) is 23.5 Å². The number of benzene rings is 1. The molecule has 2 N–H and O–H groups in total. The fourth-order valence-electron chi connectivity index (χ4n) is 3.04. The first-order chi connectivity index (χ1) is 19.5. The topological polar surface area (TPSA) is 74.0 Å². The number of hydrogen-bond donors (Lipinski definition) is 1. The Labute approximate surface area is 200 Å². The Morgan fingerprint density at radius 2 is 2.07 bits per heavy atom. The third-order valence-corrected chi connectivity index (χ3v) is 4.75. The minimum atomic E-state index is -3.70. The van der Waals surface area contributed by atoms with Gasteiger partial charge in [-0.05, 0) is 47.9 Å². The zero-order chi connectivity index (χ0) is 34.4. The van der Waals surface area contributed by atoms with E-state index in [2.05, 4.69) is 0 Å². The van der Waals surface area contributed by atoms with Crippen molar-refractivity contribution < 1.29 is 38.2 Å². The lowest BCUT2D eigenvalue weighted by molar-refractivity contribution is -0.160. The molecule has 0 radical (unpaired) electrons. The molecule has 0 bridgehead atoms. The SMILES string of the molecule is [2H]C([2H])([2H])Oc1cc2c(cc1OC)C1([2H])N(C([2H])([2H])C2([2H])[2H])C([2H])([2H])C([2H])(CC(C)C)C([2H])(OC(=O)[C@@H](N)C(C)C)C1([2H])[2H]. The van der Waals surface area contributed by atoms with Gasteiger partial charge in [0.15, 0.2) is 11.5 Å². The van der Waals surface area contributed by atoms with Crippen LogP contribution >= 0.6 is 0 Å². The number of carbonyl (C=O) groups is 1. The maximum Gasteiger partial charge on any atom is 0.323 e. The number of carbonyl (C=O) groups excluding carboxylic acids is 1. The van der Waals surface area contributed by atoms with Crippen LogP contribution in [0.15, 0.2) is 12.1 Å². The molecule has 0 aliphatic carbocycles. The Balaban J connectivity index is 2.56. The first-order valence-corrected chi connectivity index (χ1v) is 9.74. The number of hydrogen-bond acceptors (Lipinski definition) is 6. The van der Waals surface area contributed by atoms with Gasteiger partial charge in [0.05, 0.1) is 21.0 Å². The van der Waals surface area contributed by atoms with E-state index in [-0.39, 0.29) is 4.90 Å². The van der Waals surface area contributed by atoms with E-state index in [1.54, 1.807) is 0 Å². The molecule has 1 saturated heterocycles. The number of methoxy groups -OCH3 is 2. The highest BCUT2D eigenvalue weighted by Gasteiger charge is 2.41. The lowest BCUT2D eigenvalue weighted by atomic mass is 9.79. The van der Waals surface area contributed by atoms with E-state index < -0.39 is 104 Å². The van der Waals surface area contributed by atoms with Crippen molar-refractivity contribution in [1.82, 2.24) is 4.90 Å². The number of piperidine rings is 1. The maximum atomic E-state index is 13.2. The highest BCUT2D eigenvalue weighted by atomic mass is 16.5. The van der Waals surface area contributed by atoms with Crippen molar-refractivity contribution in [1.29, 1.82) is 0 Å². The quantitative estimate of drug-likeness (QED) is 0.664. The van der Waals surface area contributed by atoms with E-state index in [1.165, 1.54) is 27.7 Å². The number of nitrogens with zero attached hydrogens (tertiary/aromatic N) is 1. The Morgan fingerprint density at radius 1 is 1.33 bits per heavy atom. The molecule has 6 nitrogen and oxygen atoms in total. The van der Waals surface area contributed by atoms with Gasteiger partial charge in [0.1, 0.15) is 12.1 Å². The molecule has 1 aromatic carbocycles. The molecule has 6 heteroatoms. The lowest BCUT2D eigenvalue weighted by Gasteiger charge is -2.47. The van der Waals surface area contributed by atoms with Crippen LogP contribution in [0.25, 0.3) is 0 Å². The minimum Gasteiger partial charge on any atom is -0.493 e. The number of fused-ring (bicyclic) bond motifs is 3. The van der Waals surface area contributed by atoms with Gasteiger partial charge in [-0.2, -0.15) is 0 Å². The Bertz CT molecular complexity index is 1310. The van der Waals surface area contributed by atoms with Crippen LogP contribution in [0, 0.1) is 17.7 Å². The minimum absolute atomic E-state index is 0.0581. The number of esters is 1. The summed E-state index contributed by atoms with van der Waals surface area (Å²) in [6.07, 6.45) is -11.3. The summed E-state index contributed by atoms with van der Waals surface area (Å²) in [5.41, 5.74) is 4.36. The average Bonchev–Trinajstić information content (AvgIpc) is 2.84. The largest absolute Gasteiger partial charge is 0.493 e. The molecule has 3 rings (SSSR count). The van der Waals surface area contributed by atoms with Gasteiger partial charge < -0.3 is 19.9 Å². The van der Waals surface area contributed by atoms with Crippen molar-refractivity contribution in [3.05, 3.63) is 23.3 Å². The smallest absolute Gasteiger partial charge is 0.323 e. The number of ether oxygens (including phenoxy) is 3. The Morgan fingerprint density at radius 3 is 2.70 bits per heavy atom. The van der Waals surface area contributed by atoms with Crippen LogP contribution in [-0.2, 0) is 15.9 Å². The van der Waals surface area contributed by atoms with E-state index in [0.29, 0.717) is 0 Å². The molecular formula is C24H38N2O4.